The molecule has 0 fully saturated rings. The lowest BCUT2D eigenvalue weighted by atomic mass is 10.1. The highest BCUT2D eigenvalue weighted by atomic mass is 16.5. The van der Waals surface area contributed by atoms with Crippen LogP contribution in [0.5, 0.6) is 5.75 Å². The Hall–Kier alpha value is -1.55. The van der Waals surface area contributed by atoms with Gasteiger partial charge in [-0.15, -0.1) is 0 Å². The Kier molecular flexibility index (Phi) is 4.80. The normalized spacial score (nSPS) is 14.2. The summed E-state index contributed by atoms with van der Waals surface area (Å²) < 4.78 is 5.41. The number of rotatable bonds is 6. The summed E-state index contributed by atoms with van der Waals surface area (Å²) in [6.07, 6.45) is 3.41. The molecule has 4 nitrogen and oxygen atoms in total. The van der Waals surface area contributed by atoms with Crippen molar-refractivity contribution in [2.45, 2.75) is 26.2 Å². The van der Waals surface area contributed by atoms with Gasteiger partial charge in [0.05, 0.1) is 5.69 Å². The number of carbonyl (C=O) groups is 1. The third-order valence-electron chi connectivity index (χ3n) is 3.41. The minimum Gasteiger partial charge on any atom is -0.482 e. The summed E-state index contributed by atoms with van der Waals surface area (Å²) >= 11 is 0. The van der Waals surface area contributed by atoms with E-state index in [9.17, 15) is 4.79 Å². The van der Waals surface area contributed by atoms with Gasteiger partial charge in [-0.3, -0.25) is 4.79 Å². The third-order valence-corrected chi connectivity index (χ3v) is 3.41. The zero-order valence-electron chi connectivity index (χ0n) is 11.7. The molecule has 104 valence electrons. The second kappa shape index (κ2) is 6.57. The zero-order valence-corrected chi connectivity index (χ0v) is 11.7. The van der Waals surface area contributed by atoms with Gasteiger partial charge in [-0.05, 0) is 43.6 Å². The Labute approximate surface area is 114 Å². The van der Waals surface area contributed by atoms with Gasteiger partial charge in [-0.2, -0.15) is 0 Å². The minimum atomic E-state index is 0.00530. The molecular formula is C15H22N2O2. The van der Waals surface area contributed by atoms with Crippen LogP contribution < -0.4 is 15.0 Å². The molecule has 4 heteroatoms. The average molecular weight is 262 g/mol. The van der Waals surface area contributed by atoms with E-state index in [0.29, 0.717) is 0 Å². The van der Waals surface area contributed by atoms with Crippen molar-refractivity contribution in [2.24, 2.45) is 0 Å². The number of amides is 1. The van der Waals surface area contributed by atoms with Crippen molar-refractivity contribution in [2.75, 3.05) is 31.6 Å². The predicted molar refractivity (Wildman–Crippen MR) is 76.8 cm³/mol. The van der Waals surface area contributed by atoms with Gasteiger partial charge in [-0.1, -0.05) is 19.4 Å². The fraction of sp³-hybridized carbons (Fsp3) is 0.533. The van der Waals surface area contributed by atoms with Gasteiger partial charge in [0.25, 0.3) is 5.91 Å². The Morgan fingerprint density at radius 3 is 3.00 bits per heavy atom. The maximum absolute atomic E-state index is 11.6. The lowest BCUT2D eigenvalue weighted by Gasteiger charge is -2.26. The summed E-state index contributed by atoms with van der Waals surface area (Å²) in [4.78, 5) is 13.3. The van der Waals surface area contributed by atoms with Gasteiger partial charge >= 0.3 is 0 Å². The molecule has 0 bridgehead atoms. The number of unbranched alkanes of at least 4 members (excludes halogenated alkanes) is 1. The van der Waals surface area contributed by atoms with Gasteiger partial charge in [0.15, 0.2) is 6.61 Å². The van der Waals surface area contributed by atoms with E-state index < -0.39 is 0 Å². The summed E-state index contributed by atoms with van der Waals surface area (Å²) in [5.74, 6) is 0.801. The van der Waals surface area contributed by atoms with E-state index in [0.717, 1.165) is 30.9 Å². The highest BCUT2D eigenvalue weighted by Gasteiger charge is 2.21. The van der Waals surface area contributed by atoms with Gasteiger partial charge in [-0.25, -0.2) is 0 Å². The summed E-state index contributed by atoms with van der Waals surface area (Å²) in [6.45, 7) is 4.37. The molecule has 0 aliphatic carbocycles. The van der Waals surface area contributed by atoms with Crippen LogP contribution in [0.15, 0.2) is 18.2 Å². The van der Waals surface area contributed by atoms with Crippen LogP contribution >= 0.6 is 0 Å². The molecular weight excluding hydrogens is 240 g/mol. The summed E-state index contributed by atoms with van der Waals surface area (Å²) in [7, 11) is 1.80. The smallest absolute Gasteiger partial charge is 0.264 e. The number of nitrogens with zero attached hydrogens (tertiary/aromatic N) is 1. The number of benzene rings is 1. The Bertz CT molecular complexity index is 446. The minimum absolute atomic E-state index is 0.00530. The maximum Gasteiger partial charge on any atom is 0.264 e. The topological polar surface area (TPSA) is 41.6 Å². The van der Waals surface area contributed by atoms with Gasteiger partial charge in [0, 0.05) is 7.05 Å². The molecule has 1 aromatic carbocycles. The Balaban J connectivity index is 1.94. The Morgan fingerprint density at radius 1 is 1.37 bits per heavy atom. The van der Waals surface area contributed by atoms with Gasteiger partial charge < -0.3 is 15.0 Å². The molecule has 1 heterocycles. The van der Waals surface area contributed by atoms with Crippen molar-refractivity contribution in [3.8, 4) is 5.75 Å². The standard InChI is InChI=1S/C15H22N2O2/c1-3-4-8-16-9-7-12-5-6-14-13(10-12)17(2)15(18)11-19-14/h5-6,10,16H,3-4,7-9,11H2,1-2H3. The number of carbonyl (C=O) groups excluding carboxylic acids is 1. The van der Waals surface area contributed by atoms with Crippen molar-refractivity contribution in [3.63, 3.8) is 0 Å². The second-order valence-corrected chi connectivity index (χ2v) is 4.90. The lowest BCUT2D eigenvalue weighted by molar-refractivity contribution is -0.120. The van der Waals surface area contributed by atoms with Crippen LogP contribution in [-0.2, 0) is 11.2 Å². The van der Waals surface area contributed by atoms with Gasteiger partial charge in [0.2, 0.25) is 0 Å². The van der Waals surface area contributed by atoms with Crippen LogP contribution in [0.4, 0.5) is 5.69 Å². The molecule has 0 aromatic heterocycles. The lowest BCUT2D eigenvalue weighted by Crippen LogP contribution is -2.35. The number of hydrogen-bond acceptors (Lipinski definition) is 3. The maximum atomic E-state index is 11.6. The van der Waals surface area contributed by atoms with E-state index in [1.807, 2.05) is 12.1 Å². The van der Waals surface area contributed by atoms with Crippen LogP contribution in [0.3, 0.4) is 0 Å². The van der Waals surface area contributed by atoms with E-state index in [-0.39, 0.29) is 12.5 Å². The van der Waals surface area contributed by atoms with Crippen LogP contribution in [0, 0.1) is 0 Å². The highest BCUT2D eigenvalue weighted by Crippen LogP contribution is 2.31. The van der Waals surface area contributed by atoms with Crippen LogP contribution in [-0.4, -0.2) is 32.7 Å². The molecule has 0 radical (unpaired) electrons. The molecule has 0 spiro atoms. The molecule has 2 rings (SSSR count). The monoisotopic (exact) mass is 262 g/mol. The van der Waals surface area contributed by atoms with E-state index in [2.05, 4.69) is 18.3 Å². The van der Waals surface area contributed by atoms with Gasteiger partial charge in [0.1, 0.15) is 5.75 Å². The van der Waals surface area contributed by atoms with Crippen LogP contribution in [0.25, 0.3) is 0 Å². The first-order valence-corrected chi connectivity index (χ1v) is 6.95. The molecule has 0 unspecified atom stereocenters. The SMILES string of the molecule is CCCCNCCc1ccc2c(c1)N(C)C(=O)CO2. The fourth-order valence-corrected chi connectivity index (χ4v) is 2.13. The highest BCUT2D eigenvalue weighted by molar-refractivity contribution is 5.97. The van der Waals surface area contributed by atoms with E-state index in [1.165, 1.54) is 18.4 Å². The first kappa shape index (κ1) is 13.9. The number of likely N-dealkylation sites (N-methyl/N-ethyl adjacent to an activating group) is 1. The summed E-state index contributed by atoms with van der Waals surface area (Å²) in [5, 5.41) is 3.42. The molecule has 0 saturated heterocycles. The van der Waals surface area contributed by atoms with E-state index in [1.54, 1.807) is 11.9 Å². The van der Waals surface area contributed by atoms with Crippen molar-refractivity contribution >= 4 is 11.6 Å². The largest absolute Gasteiger partial charge is 0.482 e. The van der Waals surface area contributed by atoms with Crippen molar-refractivity contribution < 1.29 is 9.53 Å². The molecule has 0 saturated carbocycles. The quantitative estimate of drug-likeness (QED) is 0.797. The molecule has 1 N–H and O–H groups in total. The number of hydrogen-bond donors (Lipinski definition) is 1. The molecule has 1 aromatic rings. The molecule has 1 amide bonds. The average Bonchev–Trinajstić information content (AvgIpc) is 2.43. The number of ether oxygens (including phenoxy) is 1. The zero-order chi connectivity index (χ0) is 13.7. The Morgan fingerprint density at radius 2 is 2.21 bits per heavy atom. The molecule has 1 aliphatic rings. The van der Waals surface area contributed by atoms with Crippen LogP contribution in [0.2, 0.25) is 0 Å². The number of fused-ring (bicyclic) bond motifs is 1. The first-order valence-electron chi connectivity index (χ1n) is 6.95. The number of nitrogens with one attached hydrogen (secondary N) is 1. The second-order valence-electron chi connectivity index (χ2n) is 4.90. The third kappa shape index (κ3) is 3.47. The molecule has 0 atom stereocenters. The van der Waals surface area contributed by atoms with Crippen molar-refractivity contribution in [3.05, 3.63) is 23.8 Å². The number of anilines is 1. The molecule has 1 aliphatic heterocycles. The summed E-state index contributed by atoms with van der Waals surface area (Å²) in [6, 6.07) is 6.08. The van der Waals surface area contributed by atoms with E-state index >= 15 is 0 Å². The predicted octanol–water partition coefficient (Wildman–Crippen LogP) is 1.97. The van der Waals surface area contributed by atoms with E-state index in [4.69, 9.17) is 4.74 Å². The van der Waals surface area contributed by atoms with Crippen molar-refractivity contribution in [1.29, 1.82) is 0 Å². The van der Waals surface area contributed by atoms with Crippen molar-refractivity contribution in [1.82, 2.24) is 5.32 Å². The van der Waals surface area contributed by atoms with Crippen LogP contribution in [0.1, 0.15) is 25.3 Å². The summed E-state index contributed by atoms with van der Waals surface area (Å²) in [5.41, 5.74) is 2.11. The fourth-order valence-electron chi connectivity index (χ4n) is 2.13. The first-order chi connectivity index (χ1) is 9.22. The molecule has 19 heavy (non-hydrogen) atoms.